The number of nitriles is 1. The van der Waals surface area contributed by atoms with Crippen molar-refractivity contribution in [3.05, 3.63) is 36.9 Å². The van der Waals surface area contributed by atoms with Crippen molar-refractivity contribution in [3.63, 3.8) is 0 Å². The van der Waals surface area contributed by atoms with E-state index in [1.807, 2.05) is 42.3 Å². The number of rotatable bonds is 3. The number of nitrogens with one attached hydrogen (secondary N) is 1. The van der Waals surface area contributed by atoms with E-state index in [4.69, 9.17) is 5.26 Å². The smallest absolute Gasteiger partial charge is 0.137 e. The van der Waals surface area contributed by atoms with Crippen molar-refractivity contribution in [2.75, 3.05) is 0 Å². The fourth-order valence-corrected chi connectivity index (χ4v) is 2.16. The predicted octanol–water partition coefficient (Wildman–Crippen LogP) is 2.90. The summed E-state index contributed by atoms with van der Waals surface area (Å²) < 4.78 is 1.83. The third kappa shape index (κ3) is 1.97. The summed E-state index contributed by atoms with van der Waals surface area (Å²) in [5, 5.41) is 14.1. The van der Waals surface area contributed by atoms with Crippen molar-refractivity contribution in [1.29, 1.82) is 5.26 Å². The number of pyridine rings is 1. The molecular weight excluding hydrogens is 238 g/mol. The van der Waals surface area contributed by atoms with Gasteiger partial charge >= 0.3 is 0 Å². The number of H-pyrrole nitrogens is 1. The molecule has 94 valence electrons. The van der Waals surface area contributed by atoms with E-state index in [9.17, 15) is 0 Å². The van der Waals surface area contributed by atoms with E-state index in [1.54, 1.807) is 6.20 Å². The van der Waals surface area contributed by atoms with Gasteiger partial charge in [-0.3, -0.25) is 4.68 Å². The average Bonchev–Trinajstić information content (AvgIpc) is 3.07. The summed E-state index contributed by atoms with van der Waals surface area (Å²) in [7, 11) is 0. The SMILES string of the molecule is C[C@@H](CC#N)n1cc(-c2ccnc3[nH]ccc23)cn1. The van der Waals surface area contributed by atoms with Gasteiger partial charge in [-0.05, 0) is 24.6 Å². The lowest BCUT2D eigenvalue weighted by atomic mass is 10.1. The summed E-state index contributed by atoms with van der Waals surface area (Å²) in [4.78, 5) is 7.37. The molecule has 0 aliphatic rings. The van der Waals surface area contributed by atoms with Crippen LogP contribution < -0.4 is 0 Å². The van der Waals surface area contributed by atoms with Crippen LogP contribution in [0.1, 0.15) is 19.4 Å². The summed E-state index contributed by atoms with van der Waals surface area (Å²) in [5.74, 6) is 0. The number of hydrogen-bond acceptors (Lipinski definition) is 3. The van der Waals surface area contributed by atoms with Gasteiger partial charge in [0.1, 0.15) is 5.65 Å². The van der Waals surface area contributed by atoms with Crippen LogP contribution in [0.15, 0.2) is 36.9 Å². The molecular formula is C14H13N5. The van der Waals surface area contributed by atoms with Gasteiger partial charge in [0, 0.05) is 29.5 Å². The number of nitrogens with zero attached hydrogens (tertiary/aromatic N) is 4. The molecule has 0 saturated heterocycles. The second kappa shape index (κ2) is 4.58. The first-order valence-corrected chi connectivity index (χ1v) is 6.13. The molecule has 0 aromatic carbocycles. The normalized spacial score (nSPS) is 12.4. The topological polar surface area (TPSA) is 70.3 Å². The summed E-state index contributed by atoms with van der Waals surface area (Å²) in [5.41, 5.74) is 3.01. The van der Waals surface area contributed by atoms with E-state index in [0.717, 1.165) is 22.2 Å². The van der Waals surface area contributed by atoms with Crippen LogP contribution in [-0.2, 0) is 0 Å². The quantitative estimate of drug-likeness (QED) is 0.778. The molecule has 3 aromatic heterocycles. The minimum absolute atomic E-state index is 0.0855. The largest absolute Gasteiger partial charge is 0.346 e. The molecule has 19 heavy (non-hydrogen) atoms. The number of fused-ring (bicyclic) bond motifs is 1. The molecule has 5 heteroatoms. The van der Waals surface area contributed by atoms with Gasteiger partial charge in [-0.15, -0.1) is 0 Å². The molecule has 0 fully saturated rings. The Morgan fingerprint density at radius 2 is 2.37 bits per heavy atom. The lowest BCUT2D eigenvalue weighted by Crippen LogP contribution is -2.03. The number of aromatic amines is 1. The third-order valence-corrected chi connectivity index (χ3v) is 3.21. The van der Waals surface area contributed by atoms with Crippen LogP contribution >= 0.6 is 0 Å². The monoisotopic (exact) mass is 251 g/mol. The zero-order chi connectivity index (χ0) is 13.2. The molecule has 0 aliphatic heterocycles. The van der Waals surface area contributed by atoms with Gasteiger partial charge in [-0.25, -0.2) is 4.98 Å². The lowest BCUT2D eigenvalue weighted by molar-refractivity contribution is 0.500. The molecule has 0 aliphatic carbocycles. The summed E-state index contributed by atoms with van der Waals surface area (Å²) >= 11 is 0. The van der Waals surface area contributed by atoms with E-state index in [1.165, 1.54) is 0 Å². The van der Waals surface area contributed by atoms with Crippen LogP contribution in [0.5, 0.6) is 0 Å². The highest BCUT2D eigenvalue weighted by atomic mass is 15.3. The molecule has 0 bridgehead atoms. The van der Waals surface area contributed by atoms with E-state index in [2.05, 4.69) is 21.1 Å². The maximum Gasteiger partial charge on any atom is 0.137 e. The van der Waals surface area contributed by atoms with Gasteiger partial charge in [0.15, 0.2) is 0 Å². The highest BCUT2D eigenvalue weighted by Gasteiger charge is 2.10. The zero-order valence-electron chi connectivity index (χ0n) is 10.5. The Morgan fingerprint density at radius 1 is 1.47 bits per heavy atom. The zero-order valence-corrected chi connectivity index (χ0v) is 10.5. The minimum Gasteiger partial charge on any atom is -0.346 e. The predicted molar refractivity (Wildman–Crippen MR) is 72.3 cm³/mol. The Morgan fingerprint density at radius 3 is 3.21 bits per heavy atom. The van der Waals surface area contributed by atoms with Crippen LogP contribution in [0.25, 0.3) is 22.2 Å². The van der Waals surface area contributed by atoms with Crippen molar-refractivity contribution < 1.29 is 0 Å². The number of aromatic nitrogens is 4. The van der Waals surface area contributed by atoms with Crippen LogP contribution in [0.3, 0.4) is 0 Å². The Labute approximate surface area is 110 Å². The van der Waals surface area contributed by atoms with Crippen LogP contribution in [0, 0.1) is 11.3 Å². The highest BCUT2D eigenvalue weighted by molar-refractivity contribution is 5.92. The van der Waals surface area contributed by atoms with Crippen molar-refractivity contribution in [3.8, 4) is 17.2 Å². The summed E-state index contributed by atoms with van der Waals surface area (Å²) in [6.45, 7) is 1.98. The van der Waals surface area contributed by atoms with Crippen molar-refractivity contribution in [1.82, 2.24) is 19.7 Å². The Balaban J connectivity index is 2.03. The third-order valence-electron chi connectivity index (χ3n) is 3.21. The first-order valence-electron chi connectivity index (χ1n) is 6.13. The van der Waals surface area contributed by atoms with E-state index < -0.39 is 0 Å². The maximum atomic E-state index is 8.73. The molecule has 0 amide bonds. The first kappa shape index (κ1) is 11.5. The van der Waals surface area contributed by atoms with E-state index in [-0.39, 0.29) is 6.04 Å². The summed E-state index contributed by atoms with van der Waals surface area (Å²) in [6.07, 6.45) is 7.92. The maximum absolute atomic E-state index is 8.73. The molecule has 0 unspecified atom stereocenters. The molecule has 1 atom stereocenters. The van der Waals surface area contributed by atoms with Crippen LogP contribution in [-0.4, -0.2) is 19.7 Å². The van der Waals surface area contributed by atoms with E-state index >= 15 is 0 Å². The molecule has 1 N–H and O–H groups in total. The fraction of sp³-hybridized carbons (Fsp3) is 0.214. The molecule has 0 saturated carbocycles. The summed E-state index contributed by atoms with van der Waals surface area (Å²) in [6, 6.07) is 6.24. The molecule has 0 spiro atoms. The van der Waals surface area contributed by atoms with Crippen molar-refractivity contribution in [2.45, 2.75) is 19.4 Å². The van der Waals surface area contributed by atoms with Crippen molar-refractivity contribution >= 4 is 11.0 Å². The molecule has 3 rings (SSSR count). The Bertz CT molecular complexity index is 746. The average molecular weight is 251 g/mol. The number of hydrogen-bond donors (Lipinski definition) is 1. The second-order valence-electron chi connectivity index (χ2n) is 4.52. The standard InChI is InChI=1S/C14H13N5/c1-10(2-5-15)19-9-11(8-18-19)12-3-6-16-14-13(12)4-7-17-14/h3-4,6-10H,2H2,1H3,(H,16,17)/t10-/m0/s1. The van der Waals surface area contributed by atoms with Crippen LogP contribution in [0.2, 0.25) is 0 Å². The van der Waals surface area contributed by atoms with Gasteiger partial charge in [-0.1, -0.05) is 0 Å². The lowest BCUT2D eigenvalue weighted by Gasteiger charge is -2.06. The fourth-order valence-electron chi connectivity index (χ4n) is 2.16. The molecule has 0 radical (unpaired) electrons. The minimum atomic E-state index is 0.0855. The molecule has 3 aromatic rings. The van der Waals surface area contributed by atoms with Crippen molar-refractivity contribution in [2.24, 2.45) is 0 Å². The second-order valence-corrected chi connectivity index (χ2v) is 4.52. The van der Waals surface area contributed by atoms with Gasteiger partial charge in [0.25, 0.3) is 0 Å². The highest BCUT2D eigenvalue weighted by Crippen LogP contribution is 2.27. The Kier molecular flexibility index (Phi) is 2.76. The van der Waals surface area contributed by atoms with Gasteiger partial charge in [0.2, 0.25) is 0 Å². The van der Waals surface area contributed by atoms with E-state index in [0.29, 0.717) is 6.42 Å². The van der Waals surface area contributed by atoms with Gasteiger partial charge < -0.3 is 4.98 Å². The van der Waals surface area contributed by atoms with Gasteiger partial charge in [0.05, 0.1) is 24.7 Å². The molecule has 3 heterocycles. The Hall–Kier alpha value is -2.61. The molecule has 5 nitrogen and oxygen atoms in total. The first-order chi connectivity index (χ1) is 9.29. The van der Waals surface area contributed by atoms with Crippen LogP contribution in [0.4, 0.5) is 0 Å². The van der Waals surface area contributed by atoms with Gasteiger partial charge in [-0.2, -0.15) is 10.4 Å².